The van der Waals surface area contributed by atoms with Crippen LogP contribution in [-0.2, 0) is 4.79 Å². The van der Waals surface area contributed by atoms with Crippen molar-refractivity contribution in [2.24, 2.45) is 0 Å². The number of hydrogen-bond acceptors (Lipinski definition) is 3. The van der Waals surface area contributed by atoms with Crippen LogP contribution in [0.1, 0.15) is 48.4 Å². The van der Waals surface area contributed by atoms with E-state index in [4.69, 9.17) is 4.42 Å². The second-order valence-corrected chi connectivity index (χ2v) is 5.21. The van der Waals surface area contributed by atoms with Gasteiger partial charge >= 0.3 is 0 Å². The molecule has 2 rings (SSSR count). The van der Waals surface area contributed by atoms with Gasteiger partial charge in [0.15, 0.2) is 5.76 Å². The van der Waals surface area contributed by atoms with Crippen molar-refractivity contribution >= 4 is 11.8 Å². The fourth-order valence-electron chi connectivity index (χ4n) is 2.39. The van der Waals surface area contributed by atoms with E-state index in [0.29, 0.717) is 18.7 Å². The van der Waals surface area contributed by atoms with E-state index < -0.39 is 0 Å². The molecule has 5 nitrogen and oxygen atoms in total. The quantitative estimate of drug-likeness (QED) is 0.839. The lowest BCUT2D eigenvalue weighted by molar-refractivity contribution is -0.130. The molecule has 1 N–H and O–H groups in total. The molecule has 0 aliphatic carbocycles. The van der Waals surface area contributed by atoms with Gasteiger partial charge in [0, 0.05) is 26.1 Å². The molecule has 0 spiro atoms. The minimum absolute atomic E-state index is 0.194. The van der Waals surface area contributed by atoms with Crippen molar-refractivity contribution in [1.82, 2.24) is 10.2 Å². The third-order valence-corrected chi connectivity index (χ3v) is 3.53. The maximum Gasteiger partial charge on any atom is 0.286 e. The van der Waals surface area contributed by atoms with Crippen molar-refractivity contribution in [3.63, 3.8) is 0 Å². The Bertz CT molecular complexity index is 467. The average Bonchev–Trinajstić information content (AvgIpc) is 2.76. The number of carbonyl (C=O) groups is 2. The highest BCUT2D eigenvalue weighted by molar-refractivity contribution is 5.91. The Hall–Kier alpha value is -1.78. The van der Waals surface area contributed by atoms with Gasteiger partial charge in [-0.2, -0.15) is 0 Å². The van der Waals surface area contributed by atoms with Crippen LogP contribution in [0.2, 0.25) is 0 Å². The van der Waals surface area contributed by atoms with Crippen LogP contribution in [0.5, 0.6) is 0 Å². The molecule has 0 unspecified atom stereocenters. The van der Waals surface area contributed by atoms with Gasteiger partial charge in [-0.05, 0) is 38.3 Å². The molecule has 0 saturated carbocycles. The monoisotopic (exact) mass is 278 g/mol. The summed E-state index contributed by atoms with van der Waals surface area (Å²) in [4.78, 5) is 25.4. The largest absolute Gasteiger partial charge is 0.456 e. The number of rotatable bonds is 5. The molecule has 1 aliphatic heterocycles. The Morgan fingerprint density at radius 1 is 1.35 bits per heavy atom. The lowest BCUT2D eigenvalue weighted by Crippen LogP contribution is -2.33. The Labute approximate surface area is 119 Å². The second-order valence-electron chi connectivity index (χ2n) is 5.21. The number of nitrogens with one attached hydrogen (secondary N) is 1. The zero-order chi connectivity index (χ0) is 14.4. The average molecular weight is 278 g/mol. The summed E-state index contributed by atoms with van der Waals surface area (Å²) in [7, 11) is 0. The minimum Gasteiger partial charge on any atom is -0.456 e. The third-order valence-electron chi connectivity index (χ3n) is 3.53. The van der Waals surface area contributed by atoms with Crippen molar-refractivity contribution in [3.05, 3.63) is 23.7 Å². The standard InChI is InChI=1S/C15H22N2O3/c1-12-7-8-13(20-12)15(19)16-9-5-11-17-10-4-2-3-6-14(17)18/h7-8H,2-6,9-11H2,1H3,(H,16,19). The highest BCUT2D eigenvalue weighted by Gasteiger charge is 2.16. The molecular formula is C15H22N2O3. The molecule has 0 bridgehead atoms. The van der Waals surface area contributed by atoms with Gasteiger partial charge in [-0.25, -0.2) is 0 Å². The van der Waals surface area contributed by atoms with Crippen LogP contribution in [0.4, 0.5) is 0 Å². The lowest BCUT2D eigenvalue weighted by Gasteiger charge is -2.20. The van der Waals surface area contributed by atoms with Gasteiger partial charge in [0.2, 0.25) is 5.91 Å². The number of nitrogens with zero attached hydrogens (tertiary/aromatic N) is 1. The number of amides is 2. The van der Waals surface area contributed by atoms with Gasteiger partial charge in [-0.1, -0.05) is 6.42 Å². The summed E-state index contributed by atoms with van der Waals surface area (Å²) in [6.45, 7) is 3.94. The summed E-state index contributed by atoms with van der Waals surface area (Å²) >= 11 is 0. The summed E-state index contributed by atoms with van der Waals surface area (Å²) in [6, 6.07) is 3.44. The van der Waals surface area contributed by atoms with Crippen LogP contribution >= 0.6 is 0 Å². The number of carbonyl (C=O) groups excluding carboxylic acids is 2. The highest BCUT2D eigenvalue weighted by atomic mass is 16.3. The van der Waals surface area contributed by atoms with Crippen molar-refractivity contribution < 1.29 is 14.0 Å². The summed E-state index contributed by atoms with van der Waals surface area (Å²) in [5.74, 6) is 1.12. The SMILES string of the molecule is Cc1ccc(C(=O)NCCCN2CCCCCC2=O)o1. The van der Waals surface area contributed by atoms with Gasteiger partial charge in [0.1, 0.15) is 5.76 Å². The van der Waals surface area contributed by atoms with E-state index >= 15 is 0 Å². The van der Waals surface area contributed by atoms with E-state index in [0.717, 1.165) is 44.5 Å². The first-order chi connectivity index (χ1) is 9.66. The molecule has 20 heavy (non-hydrogen) atoms. The predicted molar refractivity (Wildman–Crippen MR) is 75.4 cm³/mol. The van der Waals surface area contributed by atoms with Crippen LogP contribution in [0.3, 0.4) is 0 Å². The molecular weight excluding hydrogens is 256 g/mol. The van der Waals surface area contributed by atoms with Crippen molar-refractivity contribution in [1.29, 1.82) is 0 Å². The minimum atomic E-state index is -0.194. The summed E-state index contributed by atoms with van der Waals surface area (Å²) in [6.07, 6.45) is 4.67. The lowest BCUT2D eigenvalue weighted by atomic mass is 10.2. The Morgan fingerprint density at radius 2 is 2.20 bits per heavy atom. The van der Waals surface area contributed by atoms with E-state index in [-0.39, 0.29) is 11.8 Å². The number of likely N-dealkylation sites (tertiary alicyclic amines) is 1. The van der Waals surface area contributed by atoms with Crippen molar-refractivity contribution in [2.75, 3.05) is 19.6 Å². The van der Waals surface area contributed by atoms with E-state index in [9.17, 15) is 9.59 Å². The molecule has 1 saturated heterocycles. The Balaban J connectivity index is 1.68. The Kier molecular flexibility index (Phi) is 5.21. The first-order valence-electron chi connectivity index (χ1n) is 7.29. The number of aryl methyl sites for hydroxylation is 1. The summed E-state index contributed by atoms with van der Waals surface area (Å²) in [5, 5.41) is 2.81. The molecule has 5 heteroatoms. The summed E-state index contributed by atoms with van der Waals surface area (Å²) < 4.78 is 5.25. The predicted octanol–water partition coefficient (Wildman–Crippen LogP) is 2.11. The van der Waals surface area contributed by atoms with Crippen molar-refractivity contribution in [2.45, 2.75) is 39.0 Å². The van der Waals surface area contributed by atoms with Crippen LogP contribution in [-0.4, -0.2) is 36.3 Å². The zero-order valence-corrected chi connectivity index (χ0v) is 12.0. The highest BCUT2D eigenvalue weighted by Crippen LogP contribution is 2.11. The van der Waals surface area contributed by atoms with Crippen LogP contribution in [0.15, 0.2) is 16.5 Å². The molecule has 1 fully saturated rings. The normalized spacial score (nSPS) is 16.1. The van der Waals surface area contributed by atoms with Crippen LogP contribution in [0, 0.1) is 6.92 Å². The maximum absolute atomic E-state index is 11.8. The van der Waals surface area contributed by atoms with Crippen LogP contribution < -0.4 is 5.32 Å². The third kappa shape index (κ3) is 4.11. The molecule has 110 valence electrons. The van der Waals surface area contributed by atoms with Gasteiger partial charge in [-0.15, -0.1) is 0 Å². The maximum atomic E-state index is 11.8. The van der Waals surface area contributed by atoms with Gasteiger partial charge in [0.25, 0.3) is 5.91 Å². The topological polar surface area (TPSA) is 62.6 Å². The summed E-state index contributed by atoms with van der Waals surface area (Å²) in [5.41, 5.74) is 0. The number of furan rings is 1. The van der Waals surface area contributed by atoms with E-state index in [2.05, 4.69) is 5.32 Å². The van der Waals surface area contributed by atoms with Crippen molar-refractivity contribution in [3.8, 4) is 0 Å². The van der Waals surface area contributed by atoms with Crippen LogP contribution in [0.25, 0.3) is 0 Å². The molecule has 2 amide bonds. The van der Waals surface area contributed by atoms with E-state index in [1.807, 2.05) is 11.8 Å². The first-order valence-corrected chi connectivity index (χ1v) is 7.29. The van der Waals surface area contributed by atoms with Gasteiger partial charge in [-0.3, -0.25) is 9.59 Å². The fourth-order valence-corrected chi connectivity index (χ4v) is 2.39. The molecule has 1 aromatic rings. The second kappa shape index (κ2) is 7.12. The first kappa shape index (κ1) is 14.6. The molecule has 2 heterocycles. The molecule has 1 aromatic heterocycles. The van der Waals surface area contributed by atoms with E-state index in [1.165, 1.54) is 0 Å². The van der Waals surface area contributed by atoms with Gasteiger partial charge < -0.3 is 14.6 Å². The smallest absolute Gasteiger partial charge is 0.286 e. The van der Waals surface area contributed by atoms with E-state index in [1.54, 1.807) is 12.1 Å². The molecule has 1 aliphatic rings. The molecule has 0 aromatic carbocycles. The van der Waals surface area contributed by atoms with Gasteiger partial charge in [0.05, 0.1) is 0 Å². The fraction of sp³-hybridized carbons (Fsp3) is 0.600. The number of hydrogen-bond donors (Lipinski definition) is 1. The zero-order valence-electron chi connectivity index (χ0n) is 12.0. The molecule has 0 atom stereocenters. The molecule has 0 radical (unpaired) electrons. The Morgan fingerprint density at radius 3 is 2.95 bits per heavy atom.